The van der Waals surface area contributed by atoms with Gasteiger partial charge < -0.3 is 10.1 Å². The van der Waals surface area contributed by atoms with Crippen molar-refractivity contribution in [3.05, 3.63) is 65.5 Å². The summed E-state index contributed by atoms with van der Waals surface area (Å²) in [5.41, 5.74) is -3.33. The molecule has 0 saturated heterocycles. The molecule has 1 N–H and O–H groups in total. The highest BCUT2D eigenvalue weighted by atomic mass is 19.4. The first-order valence-corrected chi connectivity index (χ1v) is 7.82. The number of ether oxygens (including phenoxy) is 1. The Kier molecular flexibility index (Phi) is 4.54. The van der Waals surface area contributed by atoms with Crippen LogP contribution < -0.4 is 10.2 Å². The summed E-state index contributed by atoms with van der Waals surface area (Å²) < 4.78 is 59.7. The molecule has 0 saturated carbocycles. The molecule has 0 bridgehead atoms. The Labute approximate surface area is 151 Å². The van der Waals surface area contributed by atoms with Gasteiger partial charge in [0.15, 0.2) is 0 Å². The fourth-order valence-electron chi connectivity index (χ4n) is 2.83. The molecular weight excluding hydrogens is 368 g/mol. The van der Waals surface area contributed by atoms with E-state index >= 15 is 0 Å². The van der Waals surface area contributed by atoms with Gasteiger partial charge in [-0.2, -0.15) is 13.2 Å². The average Bonchev–Trinajstić information content (AvgIpc) is 2.63. The lowest BCUT2D eigenvalue weighted by atomic mass is 9.89. The molecule has 0 aromatic heterocycles. The molecule has 0 radical (unpaired) electrons. The number of para-hydroxylation sites is 1. The molecule has 0 fully saturated rings. The number of rotatable bonds is 3. The number of halogens is 4. The number of amides is 2. The second-order valence-corrected chi connectivity index (χ2v) is 5.96. The van der Waals surface area contributed by atoms with Gasteiger partial charge in [-0.1, -0.05) is 18.2 Å². The number of hydrogen-bond acceptors (Lipinski definition) is 3. The lowest BCUT2D eigenvalue weighted by Gasteiger charge is -2.42. The van der Waals surface area contributed by atoms with Crippen LogP contribution in [0.5, 0.6) is 0 Å². The van der Waals surface area contributed by atoms with Crippen molar-refractivity contribution in [1.82, 2.24) is 5.32 Å². The van der Waals surface area contributed by atoms with Gasteiger partial charge in [0, 0.05) is 18.2 Å². The fourth-order valence-corrected chi connectivity index (χ4v) is 2.83. The molecule has 5 nitrogen and oxygen atoms in total. The Morgan fingerprint density at radius 3 is 2.41 bits per heavy atom. The standard InChI is InChI=1S/C18H14F4N2O3/c1-24-14-5-3-2-4-13(14)17(18(20,21)22,27-16(24)26)10-23-15(25)11-6-8-12(19)9-7-11/h2-9H,10H2,1H3,(H,23,25). The number of carbonyl (C=O) groups excluding carboxylic acids is 2. The summed E-state index contributed by atoms with van der Waals surface area (Å²) >= 11 is 0. The predicted octanol–water partition coefficient (Wildman–Crippen LogP) is 3.60. The van der Waals surface area contributed by atoms with Crippen LogP contribution >= 0.6 is 0 Å². The minimum atomic E-state index is -4.99. The summed E-state index contributed by atoms with van der Waals surface area (Å²) in [6.07, 6.45) is -6.18. The highest BCUT2D eigenvalue weighted by molar-refractivity contribution is 5.94. The Morgan fingerprint density at radius 1 is 1.15 bits per heavy atom. The van der Waals surface area contributed by atoms with E-state index in [1.54, 1.807) is 0 Å². The van der Waals surface area contributed by atoms with Crippen molar-refractivity contribution in [2.75, 3.05) is 18.5 Å². The summed E-state index contributed by atoms with van der Waals surface area (Å²) in [4.78, 5) is 25.2. The zero-order valence-electron chi connectivity index (χ0n) is 14.0. The molecule has 2 amide bonds. The average molecular weight is 382 g/mol. The highest BCUT2D eigenvalue weighted by Crippen LogP contribution is 2.48. The molecule has 2 aromatic carbocycles. The molecule has 1 unspecified atom stereocenters. The summed E-state index contributed by atoms with van der Waals surface area (Å²) in [5.74, 6) is -1.44. The van der Waals surface area contributed by atoms with Gasteiger partial charge in [-0.15, -0.1) is 0 Å². The van der Waals surface area contributed by atoms with Crippen molar-refractivity contribution in [2.24, 2.45) is 0 Å². The van der Waals surface area contributed by atoms with E-state index < -0.39 is 36.1 Å². The van der Waals surface area contributed by atoms with Gasteiger partial charge in [-0.3, -0.25) is 9.69 Å². The van der Waals surface area contributed by atoms with Crippen molar-refractivity contribution >= 4 is 17.7 Å². The molecule has 9 heteroatoms. The molecule has 0 spiro atoms. The largest absolute Gasteiger partial charge is 0.434 e. The van der Waals surface area contributed by atoms with Crippen LogP contribution in [-0.2, 0) is 10.3 Å². The number of benzene rings is 2. The molecule has 1 aliphatic heterocycles. The Morgan fingerprint density at radius 2 is 1.78 bits per heavy atom. The minimum Gasteiger partial charge on any atom is -0.426 e. The summed E-state index contributed by atoms with van der Waals surface area (Å²) in [6, 6.07) is 9.73. The van der Waals surface area contributed by atoms with Crippen LogP contribution in [0.1, 0.15) is 15.9 Å². The lowest BCUT2D eigenvalue weighted by molar-refractivity contribution is -0.262. The monoisotopic (exact) mass is 382 g/mol. The van der Waals surface area contributed by atoms with E-state index in [0.29, 0.717) is 0 Å². The van der Waals surface area contributed by atoms with Gasteiger partial charge in [0.1, 0.15) is 5.82 Å². The first-order chi connectivity index (χ1) is 12.7. The number of cyclic esters (lactones) is 1. The number of anilines is 1. The van der Waals surface area contributed by atoms with E-state index in [4.69, 9.17) is 4.74 Å². The third-order valence-electron chi connectivity index (χ3n) is 4.30. The van der Waals surface area contributed by atoms with Crippen LogP contribution in [-0.4, -0.2) is 31.8 Å². The van der Waals surface area contributed by atoms with Crippen LogP contribution in [0.25, 0.3) is 0 Å². The summed E-state index contributed by atoms with van der Waals surface area (Å²) in [5, 5.41) is 2.13. The van der Waals surface area contributed by atoms with Crippen LogP contribution in [0.15, 0.2) is 48.5 Å². The number of alkyl halides is 3. The van der Waals surface area contributed by atoms with Crippen LogP contribution in [0.2, 0.25) is 0 Å². The molecule has 3 rings (SSSR count). The van der Waals surface area contributed by atoms with E-state index in [9.17, 15) is 27.2 Å². The summed E-state index contributed by atoms with van der Waals surface area (Å²) in [6.45, 7) is -1.02. The van der Waals surface area contributed by atoms with E-state index in [1.807, 2.05) is 0 Å². The van der Waals surface area contributed by atoms with Crippen molar-refractivity contribution in [1.29, 1.82) is 0 Å². The molecule has 0 aliphatic carbocycles. The first kappa shape index (κ1) is 18.7. The smallest absolute Gasteiger partial charge is 0.426 e. The van der Waals surface area contributed by atoms with Crippen molar-refractivity contribution in [2.45, 2.75) is 11.8 Å². The topological polar surface area (TPSA) is 58.6 Å². The normalized spacial score (nSPS) is 19.3. The van der Waals surface area contributed by atoms with Gasteiger partial charge in [0.05, 0.1) is 12.2 Å². The van der Waals surface area contributed by atoms with E-state index in [1.165, 1.54) is 31.3 Å². The van der Waals surface area contributed by atoms with Gasteiger partial charge >= 0.3 is 12.3 Å². The molecule has 2 aromatic rings. The minimum absolute atomic E-state index is 0.0266. The third kappa shape index (κ3) is 3.20. The molecule has 142 valence electrons. The Bertz CT molecular complexity index is 883. The SMILES string of the molecule is CN1C(=O)OC(CNC(=O)c2ccc(F)cc2)(C(F)(F)F)c2ccccc21. The number of nitrogens with zero attached hydrogens (tertiary/aromatic N) is 1. The fraction of sp³-hybridized carbons (Fsp3) is 0.222. The first-order valence-electron chi connectivity index (χ1n) is 7.82. The van der Waals surface area contributed by atoms with E-state index in [2.05, 4.69) is 5.32 Å². The van der Waals surface area contributed by atoms with E-state index in [-0.39, 0.29) is 16.8 Å². The van der Waals surface area contributed by atoms with Crippen molar-refractivity contribution in [3.8, 4) is 0 Å². The van der Waals surface area contributed by atoms with Gasteiger partial charge in [-0.25, -0.2) is 9.18 Å². The number of hydrogen-bond donors (Lipinski definition) is 1. The quantitative estimate of drug-likeness (QED) is 0.826. The lowest BCUT2D eigenvalue weighted by Crippen LogP contribution is -2.58. The molecule has 1 atom stereocenters. The second kappa shape index (κ2) is 6.57. The zero-order valence-corrected chi connectivity index (χ0v) is 14.0. The van der Waals surface area contributed by atoms with E-state index in [0.717, 1.165) is 29.2 Å². The maximum atomic E-state index is 14.0. The maximum Gasteiger partial charge on any atom is 0.434 e. The number of carbonyl (C=O) groups is 2. The van der Waals surface area contributed by atoms with Crippen LogP contribution in [0.3, 0.4) is 0 Å². The second-order valence-electron chi connectivity index (χ2n) is 5.96. The molecular formula is C18H14F4N2O3. The van der Waals surface area contributed by atoms with Crippen molar-refractivity contribution < 1.29 is 31.9 Å². The van der Waals surface area contributed by atoms with Gasteiger partial charge in [0.2, 0.25) is 0 Å². The van der Waals surface area contributed by atoms with Crippen molar-refractivity contribution in [3.63, 3.8) is 0 Å². The summed E-state index contributed by atoms with van der Waals surface area (Å²) in [7, 11) is 1.29. The molecule has 1 heterocycles. The third-order valence-corrected chi connectivity index (χ3v) is 4.30. The number of fused-ring (bicyclic) bond motifs is 1. The zero-order chi connectivity index (χ0) is 19.8. The van der Waals surface area contributed by atoms with Gasteiger partial charge in [-0.05, 0) is 30.3 Å². The molecule has 1 aliphatic rings. The highest BCUT2D eigenvalue weighted by Gasteiger charge is 2.63. The maximum absolute atomic E-state index is 14.0. The predicted molar refractivity (Wildman–Crippen MR) is 87.8 cm³/mol. The van der Waals surface area contributed by atoms with Crippen LogP contribution in [0.4, 0.5) is 28.0 Å². The molecule has 27 heavy (non-hydrogen) atoms. The van der Waals surface area contributed by atoms with Crippen LogP contribution in [0, 0.1) is 5.82 Å². The Balaban J connectivity index is 1.97. The van der Waals surface area contributed by atoms with Gasteiger partial charge in [0.25, 0.3) is 11.5 Å². The number of nitrogens with one attached hydrogen (secondary N) is 1. The Hall–Kier alpha value is -3.10.